The lowest BCUT2D eigenvalue weighted by atomic mass is 10.1. The van der Waals surface area contributed by atoms with Crippen LogP contribution in [0.5, 0.6) is 0 Å². The van der Waals surface area contributed by atoms with Gasteiger partial charge in [-0.3, -0.25) is 4.90 Å². The number of hydrogen-bond acceptors (Lipinski definition) is 2. The third kappa shape index (κ3) is 3.41. The Kier molecular flexibility index (Phi) is 4.02. The topological polar surface area (TPSA) is 12.5 Å². The van der Waals surface area contributed by atoms with Crippen molar-refractivity contribution in [3.63, 3.8) is 0 Å². The van der Waals surface area contributed by atoms with Gasteiger partial charge in [-0.15, -0.1) is 0 Å². The molecule has 1 atom stereocenters. The molecule has 0 aromatic heterocycles. The van der Waals surface area contributed by atoms with Crippen molar-refractivity contribution in [2.45, 2.75) is 18.6 Å². The second kappa shape index (κ2) is 5.34. The van der Waals surface area contributed by atoms with E-state index in [4.69, 9.17) is 16.3 Å². The number of benzene rings is 1. The van der Waals surface area contributed by atoms with Crippen molar-refractivity contribution in [2.75, 3.05) is 26.8 Å². The fraction of sp³-hybridized carbons (Fsp3) is 0.538. The van der Waals surface area contributed by atoms with E-state index >= 15 is 0 Å². The molecule has 1 heterocycles. The molecular formula is C13H17ClFNO. The Bertz CT molecular complexity index is 387. The maximum Gasteiger partial charge on any atom is 0.148 e. The number of methoxy groups -OCH3 is 1. The van der Waals surface area contributed by atoms with Crippen LogP contribution >= 0.6 is 11.6 Å². The Morgan fingerprint density at radius 2 is 2.35 bits per heavy atom. The van der Waals surface area contributed by atoms with Crippen LogP contribution in [0.3, 0.4) is 0 Å². The highest BCUT2D eigenvalue weighted by atomic mass is 35.5. The van der Waals surface area contributed by atoms with Gasteiger partial charge in [0.05, 0.1) is 6.61 Å². The summed E-state index contributed by atoms with van der Waals surface area (Å²) in [6.07, 6.45) is 0.543. The van der Waals surface area contributed by atoms with Crippen LogP contribution in [0.1, 0.15) is 12.0 Å². The predicted octanol–water partition coefficient (Wildman–Crippen LogP) is 2.90. The van der Waals surface area contributed by atoms with Crippen molar-refractivity contribution in [1.29, 1.82) is 0 Å². The summed E-state index contributed by atoms with van der Waals surface area (Å²) >= 11 is 5.92. The van der Waals surface area contributed by atoms with E-state index in [2.05, 4.69) is 4.90 Å². The van der Waals surface area contributed by atoms with Gasteiger partial charge in [0.15, 0.2) is 0 Å². The summed E-state index contributed by atoms with van der Waals surface area (Å²) in [4.78, 5) is 2.10. The molecule has 1 unspecified atom stereocenters. The molecule has 1 fully saturated rings. The standard InChI is InChI=1S/C13H17ClFNO/c1-17-10-13(15)5-6-16(9-13)8-11-3-2-4-12(14)7-11/h2-4,7H,5-6,8-10H2,1H3. The van der Waals surface area contributed by atoms with Crippen molar-refractivity contribution in [3.8, 4) is 0 Å². The SMILES string of the molecule is COCC1(F)CCN(Cc2cccc(Cl)c2)C1. The largest absolute Gasteiger partial charge is 0.381 e. The zero-order valence-electron chi connectivity index (χ0n) is 9.96. The van der Waals surface area contributed by atoms with Crippen LogP contribution in [0.25, 0.3) is 0 Å². The Balaban J connectivity index is 1.94. The van der Waals surface area contributed by atoms with Crippen molar-refractivity contribution < 1.29 is 9.13 Å². The minimum atomic E-state index is -1.19. The number of likely N-dealkylation sites (tertiary alicyclic amines) is 1. The Hall–Kier alpha value is -0.640. The maximum absolute atomic E-state index is 14.2. The van der Waals surface area contributed by atoms with E-state index in [1.165, 1.54) is 0 Å². The van der Waals surface area contributed by atoms with E-state index in [0.29, 0.717) is 13.0 Å². The number of ether oxygens (including phenoxy) is 1. The van der Waals surface area contributed by atoms with Crippen LogP contribution in [0.4, 0.5) is 4.39 Å². The van der Waals surface area contributed by atoms with Gasteiger partial charge in [0.2, 0.25) is 0 Å². The number of halogens is 2. The summed E-state index contributed by atoms with van der Waals surface area (Å²) in [5, 5.41) is 0.727. The van der Waals surface area contributed by atoms with Crippen molar-refractivity contribution in [1.82, 2.24) is 4.90 Å². The molecule has 2 nitrogen and oxygen atoms in total. The van der Waals surface area contributed by atoms with Gasteiger partial charge in [0.25, 0.3) is 0 Å². The van der Waals surface area contributed by atoms with Gasteiger partial charge in [-0.25, -0.2) is 4.39 Å². The third-order valence-electron chi connectivity index (χ3n) is 3.08. The van der Waals surface area contributed by atoms with Gasteiger partial charge >= 0.3 is 0 Å². The Labute approximate surface area is 106 Å². The molecule has 4 heteroatoms. The van der Waals surface area contributed by atoms with Crippen LogP contribution in [0.2, 0.25) is 5.02 Å². The second-order valence-corrected chi connectivity index (χ2v) is 5.11. The summed E-state index contributed by atoms with van der Waals surface area (Å²) in [5.41, 5.74) is -0.0629. The van der Waals surface area contributed by atoms with Gasteiger partial charge in [0, 0.05) is 31.8 Å². The molecule has 0 N–H and O–H groups in total. The fourth-order valence-electron chi connectivity index (χ4n) is 2.32. The molecule has 0 radical (unpaired) electrons. The van der Waals surface area contributed by atoms with Gasteiger partial charge < -0.3 is 4.74 Å². The second-order valence-electron chi connectivity index (χ2n) is 4.67. The minimum Gasteiger partial charge on any atom is -0.381 e. The van der Waals surface area contributed by atoms with E-state index in [9.17, 15) is 4.39 Å². The molecule has 94 valence electrons. The van der Waals surface area contributed by atoms with Crippen LogP contribution in [-0.2, 0) is 11.3 Å². The summed E-state index contributed by atoms with van der Waals surface area (Å²) in [6.45, 7) is 2.13. The van der Waals surface area contributed by atoms with Crippen LogP contribution in [-0.4, -0.2) is 37.4 Å². The number of rotatable bonds is 4. The molecule has 0 saturated carbocycles. The zero-order chi connectivity index (χ0) is 12.3. The highest BCUT2D eigenvalue weighted by Crippen LogP contribution is 2.27. The lowest BCUT2D eigenvalue weighted by Crippen LogP contribution is -2.33. The normalized spacial score (nSPS) is 25.4. The molecular weight excluding hydrogens is 241 g/mol. The van der Waals surface area contributed by atoms with Crippen molar-refractivity contribution in [2.24, 2.45) is 0 Å². The smallest absolute Gasteiger partial charge is 0.148 e. The highest BCUT2D eigenvalue weighted by molar-refractivity contribution is 6.30. The summed E-state index contributed by atoms with van der Waals surface area (Å²) < 4.78 is 19.1. The van der Waals surface area contributed by atoms with Gasteiger partial charge in [0.1, 0.15) is 5.67 Å². The van der Waals surface area contributed by atoms with Crippen LogP contribution < -0.4 is 0 Å². The van der Waals surface area contributed by atoms with E-state index in [1.54, 1.807) is 7.11 Å². The predicted molar refractivity (Wildman–Crippen MR) is 67.1 cm³/mol. The first-order valence-electron chi connectivity index (χ1n) is 5.76. The third-order valence-corrected chi connectivity index (χ3v) is 3.32. The first-order chi connectivity index (χ1) is 8.11. The molecule has 1 aromatic carbocycles. The van der Waals surface area contributed by atoms with Crippen LogP contribution in [0.15, 0.2) is 24.3 Å². The molecule has 1 aliphatic rings. The highest BCUT2D eigenvalue weighted by Gasteiger charge is 2.38. The number of alkyl halides is 1. The van der Waals surface area contributed by atoms with Gasteiger partial charge in [-0.05, 0) is 24.1 Å². The number of hydrogen-bond donors (Lipinski definition) is 0. The van der Waals surface area contributed by atoms with E-state index < -0.39 is 5.67 Å². The van der Waals surface area contributed by atoms with Crippen molar-refractivity contribution in [3.05, 3.63) is 34.9 Å². The quantitative estimate of drug-likeness (QED) is 0.822. The van der Waals surface area contributed by atoms with Crippen molar-refractivity contribution >= 4 is 11.6 Å². The first-order valence-corrected chi connectivity index (χ1v) is 6.14. The minimum absolute atomic E-state index is 0.180. The molecule has 0 amide bonds. The number of nitrogens with zero attached hydrogens (tertiary/aromatic N) is 1. The summed E-state index contributed by atoms with van der Waals surface area (Å²) in [5.74, 6) is 0. The summed E-state index contributed by atoms with van der Waals surface area (Å²) in [7, 11) is 1.54. The maximum atomic E-state index is 14.2. The Morgan fingerprint density at radius 3 is 3.06 bits per heavy atom. The molecule has 1 aromatic rings. The average Bonchev–Trinajstić information content (AvgIpc) is 2.60. The molecule has 1 saturated heterocycles. The van der Waals surface area contributed by atoms with E-state index in [1.807, 2.05) is 24.3 Å². The first kappa shape index (κ1) is 12.8. The van der Waals surface area contributed by atoms with E-state index in [-0.39, 0.29) is 6.61 Å². The fourth-order valence-corrected chi connectivity index (χ4v) is 2.54. The molecule has 0 spiro atoms. The Morgan fingerprint density at radius 1 is 1.53 bits per heavy atom. The van der Waals surface area contributed by atoms with Gasteiger partial charge in [-0.1, -0.05) is 23.7 Å². The molecule has 17 heavy (non-hydrogen) atoms. The average molecular weight is 258 g/mol. The lowest BCUT2D eigenvalue weighted by molar-refractivity contribution is 0.0467. The molecule has 0 aliphatic carbocycles. The lowest BCUT2D eigenvalue weighted by Gasteiger charge is -2.20. The molecule has 0 bridgehead atoms. The molecule has 1 aliphatic heterocycles. The monoisotopic (exact) mass is 257 g/mol. The van der Waals surface area contributed by atoms with Gasteiger partial charge in [-0.2, -0.15) is 0 Å². The van der Waals surface area contributed by atoms with E-state index in [0.717, 1.165) is 23.7 Å². The summed E-state index contributed by atoms with van der Waals surface area (Å²) in [6, 6.07) is 7.71. The zero-order valence-corrected chi connectivity index (χ0v) is 10.7. The molecule has 2 rings (SSSR count). The van der Waals surface area contributed by atoms with Crippen LogP contribution in [0, 0.1) is 0 Å².